The summed E-state index contributed by atoms with van der Waals surface area (Å²) in [5.41, 5.74) is 0. The Kier molecular flexibility index (Phi) is 4.74. The molecule has 24 heavy (non-hydrogen) atoms. The monoisotopic (exact) mass is 335 g/mol. The van der Waals surface area contributed by atoms with Gasteiger partial charge in [-0.3, -0.25) is 4.90 Å². The summed E-state index contributed by atoms with van der Waals surface area (Å²) >= 11 is 0. The highest BCUT2D eigenvalue weighted by Gasteiger charge is 2.41. The van der Waals surface area contributed by atoms with Crippen LogP contribution in [0.25, 0.3) is 0 Å². The summed E-state index contributed by atoms with van der Waals surface area (Å²) in [6, 6.07) is 2.30. The molecule has 0 aromatic heterocycles. The highest BCUT2D eigenvalue weighted by atomic mass is 16.5. The quantitative estimate of drug-likeness (QED) is 0.844. The molecule has 0 radical (unpaired) electrons. The van der Waals surface area contributed by atoms with Gasteiger partial charge in [0.15, 0.2) is 0 Å². The summed E-state index contributed by atoms with van der Waals surface area (Å²) in [6.07, 6.45) is 8.65. The number of nitrogens with zero attached hydrogens (tertiary/aromatic N) is 2. The molecule has 2 amide bonds. The van der Waals surface area contributed by atoms with Gasteiger partial charge in [-0.2, -0.15) is 0 Å². The topological polar surface area (TPSA) is 44.8 Å². The van der Waals surface area contributed by atoms with E-state index in [1.165, 1.54) is 25.7 Å². The van der Waals surface area contributed by atoms with E-state index in [1.807, 2.05) is 0 Å². The van der Waals surface area contributed by atoms with E-state index >= 15 is 0 Å². The van der Waals surface area contributed by atoms with Crippen molar-refractivity contribution in [3.05, 3.63) is 0 Å². The second-order valence-electron chi connectivity index (χ2n) is 8.51. The predicted octanol–water partition coefficient (Wildman–Crippen LogP) is 2.60. The van der Waals surface area contributed by atoms with Crippen molar-refractivity contribution in [2.24, 2.45) is 5.92 Å². The molecule has 4 rings (SSSR count). The van der Waals surface area contributed by atoms with E-state index in [0.29, 0.717) is 36.2 Å². The third-order valence-electron chi connectivity index (χ3n) is 6.81. The number of likely N-dealkylation sites (tertiary alicyclic amines) is 1. The SMILES string of the molecule is CC(C)N1[C@H]2CC[C@H]1CN(C(=O)N[C@@H]1CCC[C@@H]3OCC[C@H]31)CC2. The van der Waals surface area contributed by atoms with Crippen molar-refractivity contribution in [3.63, 3.8) is 0 Å². The minimum Gasteiger partial charge on any atom is -0.378 e. The zero-order valence-electron chi connectivity index (χ0n) is 15.2. The molecule has 1 aliphatic carbocycles. The molecule has 0 aromatic carbocycles. The third-order valence-corrected chi connectivity index (χ3v) is 6.81. The number of rotatable bonds is 2. The van der Waals surface area contributed by atoms with Crippen LogP contribution in [0.2, 0.25) is 0 Å². The number of hydrogen-bond donors (Lipinski definition) is 1. The first kappa shape index (κ1) is 16.6. The Morgan fingerprint density at radius 3 is 2.75 bits per heavy atom. The Bertz CT molecular complexity index is 470. The maximum atomic E-state index is 12.9. The molecule has 3 saturated heterocycles. The lowest BCUT2D eigenvalue weighted by Crippen LogP contribution is -2.52. The van der Waals surface area contributed by atoms with Crippen LogP contribution < -0.4 is 5.32 Å². The number of hydrogen-bond acceptors (Lipinski definition) is 3. The molecule has 5 atom stereocenters. The van der Waals surface area contributed by atoms with Gasteiger partial charge < -0.3 is 15.0 Å². The summed E-state index contributed by atoms with van der Waals surface area (Å²) in [6.45, 7) is 7.27. The van der Waals surface area contributed by atoms with Crippen LogP contribution in [-0.2, 0) is 4.74 Å². The Morgan fingerprint density at radius 1 is 1.08 bits per heavy atom. The fourth-order valence-corrected chi connectivity index (χ4v) is 5.74. The maximum absolute atomic E-state index is 12.9. The van der Waals surface area contributed by atoms with Gasteiger partial charge in [0, 0.05) is 49.8 Å². The Morgan fingerprint density at radius 2 is 1.92 bits per heavy atom. The molecular formula is C19H33N3O2. The molecule has 136 valence electrons. The van der Waals surface area contributed by atoms with Gasteiger partial charge in [-0.1, -0.05) is 0 Å². The molecule has 0 aromatic rings. The fourth-order valence-electron chi connectivity index (χ4n) is 5.74. The Labute approximate surface area is 146 Å². The van der Waals surface area contributed by atoms with E-state index < -0.39 is 0 Å². The van der Waals surface area contributed by atoms with Crippen LogP contribution in [0, 0.1) is 5.92 Å². The van der Waals surface area contributed by atoms with Crippen molar-refractivity contribution < 1.29 is 9.53 Å². The molecule has 3 heterocycles. The van der Waals surface area contributed by atoms with Crippen molar-refractivity contribution in [3.8, 4) is 0 Å². The summed E-state index contributed by atoms with van der Waals surface area (Å²) in [5, 5.41) is 3.38. The lowest BCUT2D eigenvalue weighted by atomic mass is 9.82. The molecule has 1 N–H and O–H groups in total. The smallest absolute Gasteiger partial charge is 0.317 e. The summed E-state index contributed by atoms with van der Waals surface area (Å²) < 4.78 is 5.84. The highest BCUT2D eigenvalue weighted by molar-refractivity contribution is 5.74. The Hall–Kier alpha value is -0.810. The average Bonchev–Trinajstić information content (AvgIpc) is 3.11. The zero-order chi connectivity index (χ0) is 16.7. The number of nitrogens with one attached hydrogen (secondary N) is 1. The van der Waals surface area contributed by atoms with Gasteiger partial charge in [0.1, 0.15) is 0 Å². The number of urea groups is 1. The largest absolute Gasteiger partial charge is 0.378 e. The summed E-state index contributed by atoms with van der Waals surface area (Å²) in [4.78, 5) is 17.7. The number of carbonyl (C=O) groups excluding carboxylic acids is 1. The minimum absolute atomic E-state index is 0.170. The number of fused-ring (bicyclic) bond motifs is 3. The molecule has 5 nitrogen and oxygen atoms in total. The van der Waals surface area contributed by atoms with Gasteiger partial charge in [0.25, 0.3) is 0 Å². The second kappa shape index (κ2) is 6.83. The van der Waals surface area contributed by atoms with Crippen molar-refractivity contribution in [1.29, 1.82) is 0 Å². The van der Waals surface area contributed by atoms with Crippen LogP contribution in [0.1, 0.15) is 58.8 Å². The fraction of sp³-hybridized carbons (Fsp3) is 0.947. The lowest BCUT2D eigenvalue weighted by molar-refractivity contribution is 0.0536. The van der Waals surface area contributed by atoms with Crippen LogP contribution in [0.4, 0.5) is 4.79 Å². The van der Waals surface area contributed by atoms with Crippen molar-refractivity contribution in [2.45, 2.75) is 89.1 Å². The minimum atomic E-state index is 0.170. The van der Waals surface area contributed by atoms with Gasteiger partial charge >= 0.3 is 6.03 Å². The molecule has 1 saturated carbocycles. The van der Waals surface area contributed by atoms with Crippen LogP contribution in [-0.4, -0.2) is 65.8 Å². The average molecular weight is 335 g/mol. The molecule has 0 spiro atoms. The van der Waals surface area contributed by atoms with Crippen molar-refractivity contribution in [1.82, 2.24) is 15.1 Å². The van der Waals surface area contributed by atoms with E-state index in [-0.39, 0.29) is 6.03 Å². The molecule has 0 unspecified atom stereocenters. The van der Waals surface area contributed by atoms with Gasteiger partial charge in [0.2, 0.25) is 0 Å². The molecule has 4 aliphatic rings. The van der Waals surface area contributed by atoms with Crippen molar-refractivity contribution in [2.75, 3.05) is 19.7 Å². The van der Waals surface area contributed by atoms with Crippen LogP contribution in [0.5, 0.6) is 0 Å². The van der Waals surface area contributed by atoms with E-state index in [0.717, 1.165) is 39.0 Å². The Balaban J connectivity index is 1.38. The van der Waals surface area contributed by atoms with Crippen LogP contribution in [0.3, 0.4) is 0 Å². The summed E-state index contributed by atoms with van der Waals surface area (Å²) in [7, 11) is 0. The van der Waals surface area contributed by atoms with Crippen LogP contribution >= 0.6 is 0 Å². The standard InChI is InChI=1S/C19H33N3O2/c1-13(2)22-14-6-7-15(22)12-21(10-8-14)19(23)20-17-4-3-5-18-16(17)9-11-24-18/h13-18H,3-12H2,1-2H3,(H,20,23)/t14-,15-,16-,17+,18-/m0/s1. The van der Waals surface area contributed by atoms with Gasteiger partial charge in [-0.05, 0) is 58.8 Å². The van der Waals surface area contributed by atoms with Gasteiger partial charge in [-0.15, -0.1) is 0 Å². The molecular weight excluding hydrogens is 302 g/mol. The van der Waals surface area contributed by atoms with Gasteiger partial charge in [0.05, 0.1) is 6.10 Å². The first-order valence-corrected chi connectivity index (χ1v) is 10.1. The predicted molar refractivity (Wildman–Crippen MR) is 94.0 cm³/mol. The summed E-state index contributed by atoms with van der Waals surface area (Å²) in [5.74, 6) is 0.540. The number of ether oxygens (including phenoxy) is 1. The number of amides is 2. The van der Waals surface area contributed by atoms with E-state index in [2.05, 4.69) is 29.0 Å². The zero-order valence-corrected chi connectivity index (χ0v) is 15.2. The third kappa shape index (κ3) is 3.05. The lowest BCUT2D eigenvalue weighted by Gasteiger charge is -2.35. The molecule has 2 bridgehead atoms. The maximum Gasteiger partial charge on any atom is 0.317 e. The van der Waals surface area contributed by atoms with E-state index in [1.54, 1.807) is 0 Å². The first-order valence-electron chi connectivity index (χ1n) is 10.1. The van der Waals surface area contributed by atoms with E-state index in [4.69, 9.17) is 4.74 Å². The normalized spacial score (nSPS) is 39.8. The highest BCUT2D eigenvalue weighted by Crippen LogP contribution is 2.35. The number of carbonyl (C=O) groups is 1. The van der Waals surface area contributed by atoms with Crippen molar-refractivity contribution >= 4 is 6.03 Å². The van der Waals surface area contributed by atoms with E-state index in [9.17, 15) is 4.79 Å². The second-order valence-corrected chi connectivity index (χ2v) is 8.51. The molecule has 5 heteroatoms. The molecule has 4 fully saturated rings. The first-order chi connectivity index (χ1) is 11.6. The molecule has 3 aliphatic heterocycles. The van der Waals surface area contributed by atoms with Gasteiger partial charge in [-0.25, -0.2) is 4.79 Å². The van der Waals surface area contributed by atoms with Crippen LogP contribution in [0.15, 0.2) is 0 Å².